The summed E-state index contributed by atoms with van der Waals surface area (Å²) in [5.74, 6) is 0. The normalized spacial score (nSPS) is 16.0. The van der Waals surface area contributed by atoms with Gasteiger partial charge in [-0.25, -0.2) is 18.1 Å². The molecule has 0 aliphatic rings. The van der Waals surface area contributed by atoms with E-state index in [0.29, 0.717) is 0 Å². The van der Waals surface area contributed by atoms with Crippen LogP contribution in [0.25, 0.3) is 0 Å². The van der Waals surface area contributed by atoms with Crippen molar-refractivity contribution < 1.29 is 18.6 Å². The van der Waals surface area contributed by atoms with Gasteiger partial charge in [-0.3, -0.25) is 0 Å². The molecule has 1 unspecified atom stereocenters. The largest absolute Gasteiger partial charge is 0.393 e. The average Bonchev–Trinajstić information content (AvgIpc) is 2.63. The summed E-state index contributed by atoms with van der Waals surface area (Å²) in [5, 5.41) is 18.2. The molecular formula is C7H11ClN2O4S2. The molecule has 0 aromatic carbocycles. The Bertz CT molecular complexity index is 457. The predicted molar refractivity (Wildman–Crippen MR) is 60.0 cm³/mol. The number of halogens is 1. The smallest absolute Gasteiger partial charge is 0.251 e. The molecule has 0 spiro atoms. The number of hydrogen-bond acceptors (Lipinski definition) is 6. The minimum atomic E-state index is -3.73. The second-order valence-electron chi connectivity index (χ2n) is 3.41. The first-order valence-electron chi connectivity index (χ1n) is 4.21. The first-order chi connectivity index (χ1) is 7.27. The standard InChI is InChI=1S/C7H11ClN2O4S2/c1-7(12,4-11)3-10-16(13,14)5-2-9-6(8)15-5/h2,10-12H,3-4H2,1H3. The monoisotopic (exact) mass is 286 g/mol. The van der Waals surface area contributed by atoms with Crippen LogP contribution >= 0.6 is 22.9 Å². The molecule has 0 aliphatic carbocycles. The van der Waals surface area contributed by atoms with Gasteiger partial charge in [0.2, 0.25) is 0 Å². The third-order valence-corrected chi connectivity index (χ3v) is 4.68. The van der Waals surface area contributed by atoms with E-state index in [4.69, 9.17) is 16.7 Å². The van der Waals surface area contributed by atoms with Crippen molar-refractivity contribution in [2.45, 2.75) is 16.7 Å². The highest BCUT2D eigenvalue weighted by molar-refractivity contribution is 7.91. The van der Waals surface area contributed by atoms with E-state index in [0.717, 1.165) is 17.5 Å². The Hall–Kier alpha value is -0.250. The van der Waals surface area contributed by atoms with Crippen molar-refractivity contribution >= 4 is 33.0 Å². The Labute approximate surface area is 102 Å². The Balaban J connectivity index is 2.74. The fourth-order valence-electron chi connectivity index (χ4n) is 0.741. The molecule has 6 nitrogen and oxygen atoms in total. The average molecular weight is 287 g/mol. The van der Waals surface area contributed by atoms with Crippen LogP contribution < -0.4 is 4.72 Å². The van der Waals surface area contributed by atoms with E-state index in [2.05, 4.69) is 9.71 Å². The lowest BCUT2D eigenvalue weighted by molar-refractivity contribution is 0.00682. The molecule has 0 fully saturated rings. The van der Waals surface area contributed by atoms with E-state index in [1.54, 1.807) is 0 Å². The van der Waals surface area contributed by atoms with Crippen molar-refractivity contribution in [3.8, 4) is 0 Å². The zero-order valence-corrected chi connectivity index (χ0v) is 10.7. The molecular weight excluding hydrogens is 276 g/mol. The molecule has 1 atom stereocenters. The summed E-state index contributed by atoms with van der Waals surface area (Å²) in [6.45, 7) is 0.482. The summed E-state index contributed by atoms with van der Waals surface area (Å²) in [4.78, 5) is 3.60. The van der Waals surface area contributed by atoms with Crippen LogP contribution in [0.3, 0.4) is 0 Å². The van der Waals surface area contributed by atoms with Gasteiger partial charge in [0.25, 0.3) is 10.0 Å². The van der Waals surface area contributed by atoms with Crippen molar-refractivity contribution in [3.05, 3.63) is 10.7 Å². The number of aliphatic hydroxyl groups is 2. The van der Waals surface area contributed by atoms with Crippen molar-refractivity contribution in [2.75, 3.05) is 13.2 Å². The van der Waals surface area contributed by atoms with Gasteiger partial charge in [-0.15, -0.1) is 0 Å². The second kappa shape index (κ2) is 4.94. The minimum absolute atomic E-state index is 0.0359. The summed E-state index contributed by atoms with van der Waals surface area (Å²) >= 11 is 6.32. The van der Waals surface area contributed by atoms with Gasteiger partial charge in [0.05, 0.1) is 18.4 Å². The Morgan fingerprint density at radius 2 is 2.31 bits per heavy atom. The maximum Gasteiger partial charge on any atom is 0.251 e. The van der Waals surface area contributed by atoms with E-state index in [9.17, 15) is 13.5 Å². The van der Waals surface area contributed by atoms with Crippen LogP contribution in [0, 0.1) is 0 Å². The minimum Gasteiger partial charge on any atom is -0.393 e. The summed E-state index contributed by atoms with van der Waals surface area (Å²) < 4.78 is 25.5. The lowest BCUT2D eigenvalue weighted by Gasteiger charge is -2.20. The molecule has 1 aromatic rings. The number of rotatable bonds is 5. The number of thiazole rings is 1. The molecule has 16 heavy (non-hydrogen) atoms. The van der Waals surface area contributed by atoms with Crippen molar-refractivity contribution in [1.29, 1.82) is 0 Å². The van der Waals surface area contributed by atoms with Crippen LogP contribution in [0.4, 0.5) is 0 Å². The van der Waals surface area contributed by atoms with Gasteiger partial charge in [0, 0.05) is 6.54 Å². The maximum atomic E-state index is 11.6. The lowest BCUT2D eigenvalue weighted by Crippen LogP contribution is -2.43. The molecule has 0 amide bonds. The zero-order chi connectivity index (χ0) is 12.4. The van der Waals surface area contributed by atoms with Crippen LogP contribution in [-0.2, 0) is 10.0 Å². The highest BCUT2D eigenvalue weighted by atomic mass is 35.5. The number of nitrogens with one attached hydrogen (secondary N) is 1. The summed E-state index contributed by atoms with van der Waals surface area (Å²) in [6.07, 6.45) is 1.13. The number of nitrogens with zero attached hydrogens (tertiary/aromatic N) is 1. The molecule has 0 radical (unpaired) electrons. The highest BCUT2D eigenvalue weighted by Gasteiger charge is 2.24. The molecule has 0 bridgehead atoms. The van der Waals surface area contributed by atoms with Crippen LogP contribution in [-0.4, -0.2) is 42.4 Å². The van der Waals surface area contributed by atoms with Gasteiger partial charge >= 0.3 is 0 Å². The molecule has 1 heterocycles. The number of sulfonamides is 1. The fourth-order valence-corrected chi connectivity index (χ4v) is 3.24. The third kappa shape index (κ3) is 3.65. The molecule has 3 N–H and O–H groups in total. The van der Waals surface area contributed by atoms with Crippen molar-refractivity contribution in [3.63, 3.8) is 0 Å². The molecule has 0 aliphatic heterocycles. The van der Waals surface area contributed by atoms with E-state index in [-0.39, 0.29) is 15.2 Å². The number of aliphatic hydroxyl groups excluding tert-OH is 1. The predicted octanol–water partition coefficient (Wildman–Crippen LogP) is -0.182. The van der Waals surface area contributed by atoms with E-state index < -0.39 is 22.2 Å². The van der Waals surface area contributed by atoms with Crippen LogP contribution in [0.1, 0.15) is 6.92 Å². The Morgan fingerprint density at radius 3 is 2.75 bits per heavy atom. The SMILES string of the molecule is CC(O)(CO)CNS(=O)(=O)c1cnc(Cl)s1. The van der Waals surface area contributed by atoms with E-state index >= 15 is 0 Å². The molecule has 1 aromatic heterocycles. The number of aromatic nitrogens is 1. The quantitative estimate of drug-likeness (QED) is 0.697. The summed E-state index contributed by atoms with van der Waals surface area (Å²) in [7, 11) is -3.73. The zero-order valence-electron chi connectivity index (χ0n) is 8.34. The maximum absolute atomic E-state index is 11.6. The highest BCUT2D eigenvalue weighted by Crippen LogP contribution is 2.22. The van der Waals surface area contributed by atoms with Gasteiger partial charge in [-0.2, -0.15) is 0 Å². The first-order valence-corrected chi connectivity index (χ1v) is 6.89. The van der Waals surface area contributed by atoms with E-state index in [1.807, 2.05) is 0 Å². The fraction of sp³-hybridized carbons (Fsp3) is 0.571. The van der Waals surface area contributed by atoms with Gasteiger partial charge < -0.3 is 10.2 Å². The summed E-state index contributed by atoms with van der Waals surface area (Å²) in [6, 6.07) is 0. The van der Waals surface area contributed by atoms with Crippen LogP contribution in [0.5, 0.6) is 0 Å². The molecule has 0 saturated heterocycles. The second-order valence-corrected chi connectivity index (χ2v) is 7.02. The number of hydrogen-bond donors (Lipinski definition) is 3. The van der Waals surface area contributed by atoms with Gasteiger partial charge in [0.15, 0.2) is 8.68 Å². The van der Waals surface area contributed by atoms with Crippen molar-refractivity contribution in [2.24, 2.45) is 0 Å². The Kier molecular flexibility index (Phi) is 4.27. The van der Waals surface area contributed by atoms with E-state index in [1.165, 1.54) is 6.92 Å². The molecule has 9 heteroatoms. The molecule has 1 rings (SSSR count). The Morgan fingerprint density at radius 1 is 1.69 bits per heavy atom. The van der Waals surface area contributed by atoms with Crippen molar-refractivity contribution in [1.82, 2.24) is 9.71 Å². The van der Waals surface area contributed by atoms with Gasteiger partial charge in [-0.1, -0.05) is 22.9 Å². The van der Waals surface area contributed by atoms with Crippen LogP contribution in [0.15, 0.2) is 10.4 Å². The van der Waals surface area contributed by atoms with Gasteiger partial charge in [0.1, 0.15) is 0 Å². The topological polar surface area (TPSA) is 99.5 Å². The summed E-state index contributed by atoms with van der Waals surface area (Å²) in [5.41, 5.74) is -1.50. The third-order valence-electron chi connectivity index (χ3n) is 1.70. The lowest BCUT2D eigenvalue weighted by atomic mass is 10.1. The van der Waals surface area contributed by atoms with Gasteiger partial charge in [-0.05, 0) is 6.92 Å². The molecule has 0 saturated carbocycles. The van der Waals surface area contributed by atoms with Crippen LogP contribution in [0.2, 0.25) is 4.47 Å². The molecule has 92 valence electrons. The first kappa shape index (κ1) is 13.8.